The quantitative estimate of drug-likeness (QED) is 0.772. The Morgan fingerprint density at radius 3 is 2.71 bits per heavy atom. The third kappa shape index (κ3) is 2.28. The van der Waals surface area contributed by atoms with E-state index in [4.69, 9.17) is 33.7 Å². The van der Waals surface area contributed by atoms with Gasteiger partial charge in [0.2, 0.25) is 5.95 Å². The van der Waals surface area contributed by atoms with Gasteiger partial charge in [-0.25, -0.2) is 9.37 Å². The molecule has 7 heteroatoms. The highest BCUT2D eigenvalue weighted by atomic mass is 35.5. The topological polar surface area (TPSA) is 53.1 Å². The van der Waals surface area contributed by atoms with Crippen LogP contribution >= 0.6 is 23.2 Å². The van der Waals surface area contributed by atoms with Crippen molar-refractivity contribution in [2.24, 2.45) is 0 Å². The zero-order valence-electron chi connectivity index (χ0n) is 10.9. The molecule has 0 unspecified atom stereocenters. The maximum atomic E-state index is 13.7. The largest absolute Gasteiger partial charge is 0.494 e. The molecule has 0 spiro atoms. The zero-order valence-corrected chi connectivity index (χ0v) is 12.4. The lowest BCUT2D eigenvalue weighted by Gasteiger charge is -2.10. The van der Waals surface area contributed by atoms with E-state index in [2.05, 4.69) is 4.98 Å². The van der Waals surface area contributed by atoms with Crippen LogP contribution in [-0.2, 0) is 0 Å². The van der Waals surface area contributed by atoms with Crippen LogP contribution in [-0.4, -0.2) is 16.7 Å². The van der Waals surface area contributed by atoms with Crippen LogP contribution < -0.4 is 10.5 Å². The SMILES string of the molecule is COc1cc2c(cc1F)nc(N)n2-c1cc(Cl)ccc1Cl. The highest BCUT2D eigenvalue weighted by molar-refractivity contribution is 6.34. The van der Waals surface area contributed by atoms with Crippen molar-refractivity contribution in [3.63, 3.8) is 0 Å². The van der Waals surface area contributed by atoms with Crippen LogP contribution in [0.15, 0.2) is 30.3 Å². The van der Waals surface area contributed by atoms with Gasteiger partial charge in [0.1, 0.15) is 0 Å². The Balaban J connectivity index is 2.36. The number of fused-ring (bicyclic) bond motifs is 1. The standard InChI is InChI=1S/C14H10Cl2FN3O/c1-21-13-6-12-10(5-9(13)17)19-14(18)20(12)11-4-7(15)2-3-8(11)16/h2-6H,1H3,(H2,18,19). The maximum absolute atomic E-state index is 13.7. The number of hydrogen-bond donors (Lipinski definition) is 1. The number of nitrogens with zero attached hydrogens (tertiary/aromatic N) is 2. The van der Waals surface area contributed by atoms with E-state index in [1.165, 1.54) is 19.2 Å². The predicted octanol–water partition coefficient (Wildman–Crippen LogP) is 4.06. The number of anilines is 1. The first-order chi connectivity index (χ1) is 10.0. The summed E-state index contributed by atoms with van der Waals surface area (Å²) in [6, 6.07) is 7.77. The summed E-state index contributed by atoms with van der Waals surface area (Å²) in [6.07, 6.45) is 0. The second kappa shape index (κ2) is 5.09. The van der Waals surface area contributed by atoms with Crippen molar-refractivity contribution >= 4 is 40.2 Å². The molecular weight excluding hydrogens is 316 g/mol. The Hall–Kier alpha value is -1.98. The second-order valence-corrected chi connectivity index (χ2v) is 5.22. The van der Waals surface area contributed by atoms with Gasteiger partial charge in [-0.15, -0.1) is 0 Å². The monoisotopic (exact) mass is 325 g/mol. The van der Waals surface area contributed by atoms with E-state index >= 15 is 0 Å². The molecule has 21 heavy (non-hydrogen) atoms. The first-order valence-corrected chi connectivity index (χ1v) is 6.73. The lowest BCUT2D eigenvalue weighted by molar-refractivity contribution is 0.387. The summed E-state index contributed by atoms with van der Waals surface area (Å²) in [4.78, 5) is 4.14. The Kier molecular flexibility index (Phi) is 3.39. The molecule has 0 amide bonds. The van der Waals surface area contributed by atoms with Gasteiger partial charge in [-0.1, -0.05) is 23.2 Å². The van der Waals surface area contributed by atoms with E-state index in [0.29, 0.717) is 26.8 Å². The minimum absolute atomic E-state index is 0.0989. The van der Waals surface area contributed by atoms with Crippen LogP contribution in [0.1, 0.15) is 0 Å². The fourth-order valence-electron chi connectivity index (χ4n) is 2.16. The van der Waals surface area contributed by atoms with E-state index < -0.39 is 5.82 Å². The van der Waals surface area contributed by atoms with E-state index in [1.807, 2.05) is 0 Å². The fourth-order valence-corrected chi connectivity index (χ4v) is 2.53. The van der Waals surface area contributed by atoms with Crippen molar-refractivity contribution in [3.8, 4) is 11.4 Å². The predicted molar refractivity (Wildman–Crippen MR) is 82.0 cm³/mol. The van der Waals surface area contributed by atoms with Crippen LogP contribution in [0.3, 0.4) is 0 Å². The summed E-state index contributed by atoms with van der Waals surface area (Å²) in [5, 5.41) is 0.957. The molecule has 2 N–H and O–H groups in total. The molecule has 4 nitrogen and oxygen atoms in total. The van der Waals surface area contributed by atoms with Gasteiger partial charge >= 0.3 is 0 Å². The average Bonchev–Trinajstić information content (AvgIpc) is 2.75. The van der Waals surface area contributed by atoms with Crippen LogP contribution in [0.2, 0.25) is 10.0 Å². The number of aromatic nitrogens is 2. The molecule has 3 aromatic rings. The Labute approximate surface area is 129 Å². The van der Waals surface area contributed by atoms with Crippen LogP contribution in [0.4, 0.5) is 10.3 Å². The van der Waals surface area contributed by atoms with Crippen LogP contribution in [0.25, 0.3) is 16.7 Å². The van der Waals surface area contributed by atoms with Gasteiger partial charge in [-0.2, -0.15) is 0 Å². The highest BCUT2D eigenvalue weighted by Gasteiger charge is 2.16. The molecule has 0 bridgehead atoms. The van der Waals surface area contributed by atoms with Crippen molar-refractivity contribution in [2.45, 2.75) is 0 Å². The molecule has 0 saturated carbocycles. The molecule has 0 fully saturated rings. The molecule has 1 heterocycles. The molecule has 2 aromatic carbocycles. The Morgan fingerprint density at radius 2 is 2.00 bits per heavy atom. The van der Waals surface area contributed by atoms with Crippen molar-refractivity contribution in [2.75, 3.05) is 12.8 Å². The minimum atomic E-state index is -0.508. The number of benzene rings is 2. The molecule has 3 rings (SSSR count). The number of imidazole rings is 1. The van der Waals surface area contributed by atoms with E-state index in [0.717, 1.165) is 0 Å². The van der Waals surface area contributed by atoms with E-state index in [9.17, 15) is 4.39 Å². The molecule has 0 saturated heterocycles. The first kappa shape index (κ1) is 14.0. The molecule has 1 aromatic heterocycles. The molecule has 0 aliphatic carbocycles. The highest BCUT2D eigenvalue weighted by Crippen LogP contribution is 2.32. The van der Waals surface area contributed by atoms with Gasteiger partial charge in [0.25, 0.3) is 0 Å². The minimum Gasteiger partial charge on any atom is -0.494 e. The van der Waals surface area contributed by atoms with Gasteiger partial charge in [-0.05, 0) is 18.2 Å². The summed E-state index contributed by atoms with van der Waals surface area (Å²) in [7, 11) is 1.39. The first-order valence-electron chi connectivity index (χ1n) is 5.98. The van der Waals surface area contributed by atoms with Crippen LogP contribution in [0, 0.1) is 5.82 Å². The third-order valence-corrected chi connectivity index (χ3v) is 3.66. The average molecular weight is 326 g/mol. The smallest absolute Gasteiger partial charge is 0.205 e. The van der Waals surface area contributed by atoms with Crippen molar-refractivity contribution in [3.05, 3.63) is 46.2 Å². The number of hydrogen-bond acceptors (Lipinski definition) is 3. The lowest BCUT2D eigenvalue weighted by atomic mass is 10.2. The van der Waals surface area contributed by atoms with Gasteiger partial charge in [0.15, 0.2) is 11.6 Å². The summed E-state index contributed by atoms with van der Waals surface area (Å²) in [5.74, 6) is -0.226. The molecule has 108 valence electrons. The van der Waals surface area contributed by atoms with Gasteiger partial charge in [0.05, 0.1) is 28.9 Å². The molecule has 0 aliphatic rings. The normalized spacial score (nSPS) is 11.0. The Bertz CT molecular complexity index is 848. The molecule has 0 aliphatic heterocycles. The maximum Gasteiger partial charge on any atom is 0.205 e. The third-order valence-electron chi connectivity index (χ3n) is 3.10. The van der Waals surface area contributed by atoms with Crippen LogP contribution in [0.5, 0.6) is 5.75 Å². The summed E-state index contributed by atoms with van der Waals surface area (Å²) in [5.41, 5.74) is 7.48. The number of methoxy groups -OCH3 is 1. The number of halogens is 3. The summed E-state index contributed by atoms with van der Waals surface area (Å²) < 4.78 is 20.3. The summed E-state index contributed by atoms with van der Waals surface area (Å²) in [6.45, 7) is 0. The Morgan fingerprint density at radius 1 is 1.24 bits per heavy atom. The van der Waals surface area contributed by atoms with Crippen molar-refractivity contribution < 1.29 is 9.13 Å². The van der Waals surface area contributed by atoms with Gasteiger partial charge in [-0.3, -0.25) is 4.57 Å². The van der Waals surface area contributed by atoms with Crippen molar-refractivity contribution in [1.29, 1.82) is 0 Å². The van der Waals surface area contributed by atoms with Gasteiger partial charge in [0, 0.05) is 17.2 Å². The number of ether oxygens (including phenoxy) is 1. The van der Waals surface area contributed by atoms with Gasteiger partial charge < -0.3 is 10.5 Å². The number of nitrogen functional groups attached to an aromatic ring is 1. The molecule has 0 radical (unpaired) electrons. The zero-order chi connectivity index (χ0) is 15.1. The number of rotatable bonds is 2. The number of nitrogens with two attached hydrogens (primary N) is 1. The summed E-state index contributed by atoms with van der Waals surface area (Å²) >= 11 is 12.2. The fraction of sp³-hybridized carbons (Fsp3) is 0.0714. The van der Waals surface area contributed by atoms with E-state index in [1.54, 1.807) is 22.8 Å². The molecular formula is C14H10Cl2FN3O. The molecule has 0 atom stereocenters. The van der Waals surface area contributed by atoms with Crippen molar-refractivity contribution in [1.82, 2.24) is 9.55 Å². The lowest BCUT2D eigenvalue weighted by Crippen LogP contribution is -2.01. The van der Waals surface area contributed by atoms with E-state index in [-0.39, 0.29) is 11.7 Å². The second-order valence-electron chi connectivity index (χ2n) is 4.38.